The molecule has 1 saturated carbocycles. The summed E-state index contributed by atoms with van der Waals surface area (Å²) in [7, 11) is 0. The largest absolute Gasteiger partial charge is 0.370 e. The Morgan fingerprint density at radius 3 is 2.78 bits per heavy atom. The van der Waals surface area contributed by atoms with E-state index in [9.17, 15) is 0 Å². The average Bonchev–Trinajstić information content (AvgIpc) is 3.00. The fourth-order valence-electron chi connectivity index (χ4n) is 3.17. The molecule has 3 rings (SSSR count). The molecule has 5 heteroatoms. The SMILES string of the molecule is CC1(c2cnccn2)CN=C(N)N1C1CCCC1. The molecule has 2 aliphatic rings. The number of aliphatic imine (C=N–C) groups is 1. The van der Waals surface area contributed by atoms with Crippen molar-refractivity contribution in [1.82, 2.24) is 14.9 Å². The van der Waals surface area contributed by atoms with Gasteiger partial charge in [0.1, 0.15) is 5.54 Å². The summed E-state index contributed by atoms with van der Waals surface area (Å²) >= 11 is 0. The zero-order chi connectivity index (χ0) is 12.6. The zero-order valence-electron chi connectivity index (χ0n) is 10.7. The molecule has 18 heavy (non-hydrogen) atoms. The van der Waals surface area contributed by atoms with Crippen LogP contribution in [0, 0.1) is 0 Å². The third-order valence-electron chi connectivity index (χ3n) is 4.13. The molecule has 2 heterocycles. The Morgan fingerprint density at radius 1 is 1.33 bits per heavy atom. The highest BCUT2D eigenvalue weighted by Gasteiger charge is 2.44. The molecular weight excluding hydrogens is 226 g/mol. The van der Waals surface area contributed by atoms with Crippen molar-refractivity contribution in [1.29, 1.82) is 0 Å². The van der Waals surface area contributed by atoms with E-state index in [0.29, 0.717) is 18.5 Å². The second kappa shape index (κ2) is 4.23. The van der Waals surface area contributed by atoms with Gasteiger partial charge in [0.15, 0.2) is 5.96 Å². The summed E-state index contributed by atoms with van der Waals surface area (Å²) in [5, 5.41) is 0. The number of hydrogen-bond donors (Lipinski definition) is 1. The van der Waals surface area contributed by atoms with Gasteiger partial charge in [0, 0.05) is 18.4 Å². The first-order valence-electron chi connectivity index (χ1n) is 6.57. The third-order valence-corrected chi connectivity index (χ3v) is 4.13. The van der Waals surface area contributed by atoms with Crippen LogP contribution in [0.1, 0.15) is 38.3 Å². The second-order valence-electron chi connectivity index (χ2n) is 5.35. The summed E-state index contributed by atoms with van der Waals surface area (Å²) in [4.78, 5) is 15.3. The maximum absolute atomic E-state index is 6.10. The standard InChI is InChI=1S/C13H19N5/c1-13(11-8-15-6-7-16-11)9-17-12(14)18(13)10-4-2-3-5-10/h6-8,10H,2-5,9H2,1H3,(H2,14,17). The van der Waals surface area contributed by atoms with E-state index < -0.39 is 0 Å². The summed E-state index contributed by atoms with van der Waals surface area (Å²) in [6, 6.07) is 0.503. The molecule has 1 aliphatic heterocycles. The van der Waals surface area contributed by atoms with E-state index in [1.807, 2.05) is 6.20 Å². The number of nitrogens with two attached hydrogens (primary N) is 1. The highest BCUT2D eigenvalue weighted by atomic mass is 15.4. The Labute approximate surface area is 107 Å². The Bertz CT molecular complexity index is 452. The Morgan fingerprint density at radius 2 is 2.11 bits per heavy atom. The first-order valence-corrected chi connectivity index (χ1v) is 6.57. The first kappa shape index (κ1) is 11.4. The van der Waals surface area contributed by atoms with Crippen LogP contribution in [-0.4, -0.2) is 33.4 Å². The van der Waals surface area contributed by atoms with Gasteiger partial charge in [-0.2, -0.15) is 0 Å². The molecule has 1 aromatic heterocycles. The smallest absolute Gasteiger partial charge is 0.192 e. The molecule has 1 aliphatic carbocycles. The van der Waals surface area contributed by atoms with Gasteiger partial charge in [-0.25, -0.2) is 0 Å². The van der Waals surface area contributed by atoms with Crippen molar-refractivity contribution >= 4 is 5.96 Å². The van der Waals surface area contributed by atoms with E-state index >= 15 is 0 Å². The lowest BCUT2D eigenvalue weighted by molar-refractivity contribution is 0.162. The highest BCUT2D eigenvalue weighted by molar-refractivity contribution is 5.81. The van der Waals surface area contributed by atoms with Gasteiger partial charge in [0.25, 0.3) is 0 Å². The van der Waals surface area contributed by atoms with Crippen molar-refractivity contribution in [2.24, 2.45) is 10.7 Å². The number of aromatic nitrogens is 2. The van der Waals surface area contributed by atoms with Crippen LogP contribution in [0.4, 0.5) is 0 Å². The normalized spacial score (nSPS) is 28.7. The van der Waals surface area contributed by atoms with Crippen LogP contribution in [0.2, 0.25) is 0 Å². The maximum Gasteiger partial charge on any atom is 0.192 e. The summed E-state index contributed by atoms with van der Waals surface area (Å²) in [6.45, 7) is 2.84. The molecule has 2 N–H and O–H groups in total. The number of guanidine groups is 1. The van der Waals surface area contributed by atoms with E-state index in [0.717, 1.165) is 5.69 Å². The van der Waals surface area contributed by atoms with Gasteiger partial charge < -0.3 is 10.6 Å². The minimum atomic E-state index is -0.229. The van der Waals surface area contributed by atoms with Crippen LogP contribution in [0.15, 0.2) is 23.6 Å². The van der Waals surface area contributed by atoms with Gasteiger partial charge in [-0.3, -0.25) is 15.0 Å². The molecule has 1 unspecified atom stereocenters. The number of hydrogen-bond acceptors (Lipinski definition) is 5. The van der Waals surface area contributed by atoms with E-state index in [2.05, 4.69) is 26.8 Å². The van der Waals surface area contributed by atoms with Crippen LogP contribution in [-0.2, 0) is 5.54 Å². The van der Waals surface area contributed by atoms with Gasteiger partial charge >= 0.3 is 0 Å². The van der Waals surface area contributed by atoms with Crippen LogP contribution in [0.3, 0.4) is 0 Å². The minimum Gasteiger partial charge on any atom is -0.370 e. The van der Waals surface area contributed by atoms with E-state index in [4.69, 9.17) is 5.73 Å². The summed E-state index contributed by atoms with van der Waals surface area (Å²) in [6.07, 6.45) is 10.2. The van der Waals surface area contributed by atoms with Crippen LogP contribution in [0.25, 0.3) is 0 Å². The van der Waals surface area contributed by atoms with Crippen LogP contribution in [0.5, 0.6) is 0 Å². The lowest BCUT2D eigenvalue weighted by Gasteiger charge is -2.39. The van der Waals surface area contributed by atoms with Crippen molar-refractivity contribution < 1.29 is 0 Å². The van der Waals surface area contributed by atoms with Crippen molar-refractivity contribution in [2.75, 3.05) is 6.54 Å². The summed E-state index contributed by atoms with van der Waals surface area (Å²) < 4.78 is 0. The Balaban J connectivity index is 1.96. The molecular formula is C13H19N5. The minimum absolute atomic E-state index is 0.229. The molecule has 0 amide bonds. The quantitative estimate of drug-likeness (QED) is 0.852. The molecule has 1 atom stereocenters. The van der Waals surface area contributed by atoms with Gasteiger partial charge in [-0.1, -0.05) is 12.8 Å². The van der Waals surface area contributed by atoms with E-state index in [1.54, 1.807) is 12.4 Å². The fourth-order valence-corrected chi connectivity index (χ4v) is 3.17. The van der Waals surface area contributed by atoms with Gasteiger partial charge in [0.05, 0.1) is 18.4 Å². The lowest BCUT2D eigenvalue weighted by Crippen LogP contribution is -2.52. The molecule has 96 valence electrons. The van der Waals surface area contributed by atoms with Crippen LogP contribution < -0.4 is 5.73 Å². The third kappa shape index (κ3) is 1.65. The average molecular weight is 245 g/mol. The molecule has 1 aromatic rings. The Kier molecular flexibility index (Phi) is 2.69. The zero-order valence-corrected chi connectivity index (χ0v) is 10.7. The van der Waals surface area contributed by atoms with Crippen molar-refractivity contribution in [3.05, 3.63) is 24.3 Å². The van der Waals surface area contributed by atoms with Crippen LogP contribution >= 0.6 is 0 Å². The summed E-state index contributed by atoms with van der Waals surface area (Å²) in [5.41, 5.74) is 6.83. The molecule has 5 nitrogen and oxygen atoms in total. The maximum atomic E-state index is 6.10. The fraction of sp³-hybridized carbons (Fsp3) is 0.615. The van der Waals surface area contributed by atoms with Crippen molar-refractivity contribution in [3.63, 3.8) is 0 Å². The van der Waals surface area contributed by atoms with Gasteiger partial charge in [-0.15, -0.1) is 0 Å². The lowest BCUT2D eigenvalue weighted by atomic mass is 9.95. The first-order chi connectivity index (χ1) is 8.72. The molecule has 1 fully saturated rings. The number of rotatable bonds is 2. The molecule has 0 aromatic carbocycles. The molecule has 0 bridgehead atoms. The second-order valence-corrected chi connectivity index (χ2v) is 5.35. The molecule has 0 spiro atoms. The molecule has 0 radical (unpaired) electrons. The van der Waals surface area contributed by atoms with Crippen molar-refractivity contribution in [2.45, 2.75) is 44.2 Å². The molecule has 0 saturated heterocycles. The monoisotopic (exact) mass is 245 g/mol. The van der Waals surface area contributed by atoms with Crippen molar-refractivity contribution in [3.8, 4) is 0 Å². The van der Waals surface area contributed by atoms with Gasteiger partial charge in [-0.05, 0) is 19.8 Å². The highest BCUT2D eigenvalue weighted by Crippen LogP contribution is 2.37. The Hall–Kier alpha value is -1.65. The predicted octanol–water partition coefficient (Wildman–Crippen LogP) is 1.26. The van der Waals surface area contributed by atoms with E-state index in [1.165, 1.54) is 25.7 Å². The van der Waals surface area contributed by atoms with Gasteiger partial charge in [0.2, 0.25) is 0 Å². The summed E-state index contributed by atoms with van der Waals surface area (Å²) in [5.74, 6) is 0.662. The number of nitrogens with zero attached hydrogens (tertiary/aromatic N) is 4. The van der Waals surface area contributed by atoms with E-state index in [-0.39, 0.29) is 5.54 Å². The predicted molar refractivity (Wildman–Crippen MR) is 70.0 cm³/mol. The topological polar surface area (TPSA) is 67.4 Å².